The summed E-state index contributed by atoms with van der Waals surface area (Å²) in [6, 6.07) is 10.5. The van der Waals surface area contributed by atoms with Gasteiger partial charge < -0.3 is 10.6 Å². The number of carbonyl (C=O) groups is 1. The first kappa shape index (κ1) is 23.2. The first-order chi connectivity index (χ1) is 10.6. The van der Waals surface area contributed by atoms with Gasteiger partial charge >= 0.3 is 0 Å². The van der Waals surface area contributed by atoms with Crippen LogP contribution in [0.5, 0.6) is 0 Å². The van der Waals surface area contributed by atoms with E-state index in [-0.39, 0.29) is 36.8 Å². The minimum absolute atomic E-state index is 0. The molecule has 0 spiro atoms. The quantitative estimate of drug-likeness (QED) is 0.796. The maximum atomic E-state index is 12.2. The molecule has 6 heteroatoms. The maximum Gasteiger partial charge on any atom is 0.224 e. The van der Waals surface area contributed by atoms with E-state index in [9.17, 15) is 4.79 Å². The summed E-state index contributed by atoms with van der Waals surface area (Å²) in [6.07, 6.45) is 1.63. The van der Waals surface area contributed by atoms with Crippen LogP contribution in [0.1, 0.15) is 32.3 Å². The van der Waals surface area contributed by atoms with E-state index < -0.39 is 0 Å². The van der Waals surface area contributed by atoms with Crippen LogP contribution in [0.2, 0.25) is 0 Å². The Kier molecular flexibility index (Phi) is 11.3. The van der Waals surface area contributed by atoms with E-state index in [1.54, 1.807) is 0 Å². The van der Waals surface area contributed by atoms with Crippen LogP contribution in [-0.4, -0.2) is 47.9 Å². The summed E-state index contributed by atoms with van der Waals surface area (Å²) in [4.78, 5) is 16.6. The van der Waals surface area contributed by atoms with Gasteiger partial charge in [-0.1, -0.05) is 30.3 Å². The molecule has 2 unspecified atom stereocenters. The Morgan fingerprint density at radius 2 is 2.00 bits per heavy atom. The predicted octanol–water partition coefficient (Wildman–Crippen LogP) is 2.94. The minimum atomic E-state index is -0.0558. The summed E-state index contributed by atoms with van der Waals surface area (Å²) < 4.78 is 0. The zero-order valence-electron chi connectivity index (χ0n) is 14.7. The highest BCUT2D eigenvalue weighted by molar-refractivity contribution is 5.85. The van der Waals surface area contributed by atoms with E-state index in [4.69, 9.17) is 5.73 Å². The number of likely N-dealkylation sites (tertiary alicyclic amines) is 1. The van der Waals surface area contributed by atoms with Crippen LogP contribution >= 0.6 is 24.8 Å². The number of benzene rings is 1. The van der Waals surface area contributed by atoms with E-state index in [0.29, 0.717) is 12.3 Å². The summed E-state index contributed by atoms with van der Waals surface area (Å²) in [5.74, 6) is 0.778. The largest absolute Gasteiger partial charge is 0.343 e. The average Bonchev–Trinajstić information content (AvgIpc) is 2.92. The number of nitrogens with two attached hydrogens (primary N) is 1. The van der Waals surface area contributed by atoms with Gasteiger partial charge in [0.25, 0.3) is 0 Å². The van der Waals surface area contributed by atoms with Crippen molar-refractivity contribution in [3.63, 3.8) is 0 Å². The number of hydrogen-bond acceptors (Lipinski definition) is 3. The third-order valence-electron chi connectivity index (χ3n) is 4.33. The highest BCUT2D eigenvalue weighted by Gasteiger charge is 2.25. The molecule has 2 N–H and O–H groups in total. The summed E-state index contributed by atoms with van der Waals surface area (Å²) in [5.41, 5.74) is 7.11. The van der Waals surface area contributed by atoms with Crippen molar-refractivity contribution >= 4 is 30.7 Å². The fourth-order valence-corrected chi connectivity index (χ4v) is 3.17. The van der Waals surface area contributed by atoms with Crippen LogP contribution in [0.3, 0.4) is 0 Å². The fraction of sp³-hybridized carbons (Fsp3) is 0.611. The van der Waals surface area contributed by atoms with Crippen molar-refractivity contribution in [1.29, 1.82) is 0 Å². The number of halogens is 2. The molecule has 1 heterocycles. The summed E-state index contributed by atoms with van der Waals surface area (Å²) >= 11 is 0. The van der Waals surface area contributed by atoms with Crippen LogP contribution in [0.4, 0.5) is 0 Å². The Bertz CT molecular complexity index is 471. The molecule has 0 aromatic heterocycles. The molecule has 0 aliphatic carbocycles. The lowest BCUT2D eigenvalue weighted by Gasteiger charge is -2.25. The van der Waals surface area contributed by atoms with E-state index >= 15 is 0 Å². The van der Waals surface area contributed by atoms with Crippen molar-refractivity contribution in [3.05, 3.63) is 35.9 Å². The third kappa shape index (κ3) is 7.39. The molecule has 1 aliphatic rings. The lowest BCUT2D eigenvalue weighted by molar-refractivity contribution is -0.131. The van der Waals surface area contributed by atoms with Crippen molar-refractivity contribution in [2.45, 2.75) is 39.3 Å². The zero-order chi connectivity index (χ0) is 15.9. The molecule has 138 valence electrons. The van der Waals surface area contributed by atoms with E-state index in [2.05, 4.69) is 42.2 Å². The molecule has 1 saturated heterocycles. The van der Waals surface area contributed by atoms with Crippen molar-refractivity contribution in [1.82, 2.24) is 9.80 Å². The average molecular weight is 376 g/mol. The monoisotopic (exact) mass is 375 g/mol. The van der Waals surface area contributed by atoms with Gasteiger partial charge in [-0.3, -0.25) is 9.69 Å². The van der Waals surface area contributed by atoms with E-state index in [1.165, 1.54) is 12.0 Å². The van der Waals surface area contributed by atoms with Crippen LogP contribution in [0.25, 0.3) is 0 Å². The first-order valence-electron chi connectivity index (χ1n) is 8.38. The van der Waals surface area contributed by atoms with E-state index in [0.717, 1.165) is 32.7 Å². The fourth-order valence-electron chi connectivity index (χ4n) is 3.17. The molecule has 0 saturated carbocycles. The Labute approximate surface area is 158 Å². The van der Waals surface area contributed by atoms with Crippen LogP contribution in [0.15, 0.2) is 30.3 Å². The van der Waals surface area contributed by atoms with Gasteiger partial charge in [-0.05, 0) is 38.3 Å². The van der Waals surface area contributed by atoms with Crippen LogP contribution < -0.4 is 5.73 Å². The Morgan fingerprint density at radius 1 is 1.33 bits per heavy atom. The Balaban J connectivity index is 0.00000264. The first-order valence-corrected chi connectivity index (χ1v) is 8.38. The molecule has 1 fully saturated rings. The smallest absolute Gasteiger partial charge is 0.224 e. The van der Waals surface area contributed by atoms with Gasteiger partial charge in [-0.15, -0.1) is 24.8 Å². The minimum Gasteiger partial charge on any atom is -0.343 e. The molecule has 0 radical (unpaired) electrons. The van der Waals surface area contributed by atoms with Gasteiger partial charge in [-0.2, -0.15) is 0 Å². The number of hydrogen-bond donors (Lipinski definition) is 1. The topological polar surface area (TPSA) is 49.6 Å². The van der Waals surface area contributed by atoms with Crippen LogP contribution in [-0.2, 0) is 11.3 Å². The molecule has 1 aromatic rings. The maximum absolute atomic E-state index is 12.2. The second kappa shape index (κ2) is 11.7. The number of nitrogens with zero attached hydrogens (tertiary/aromatic N) is 2. The highest BCUT2D eigenvalue weighted by atomic mass is 35.5. The second-order valence-corrected chi connectivity index (χ2v) is 6.49. The molecule has 2 rings (SSSR count). The van der Waals surface area contributed by atoms with E-state index in [1.807, 2.05) is 11.8 Å². The predicted molar refractivity (Wildman–Crippen MR) is 105 cm³/mol. The van der Waals surface area contributed by atoms with Gasteiger partial charge in [-0.25, -0.2) is 0 Å². The van der Waals surface area contributed by atoms with Gasteiger partial charge in [0.15, 0.2) is 0 Å². The Morgan fingerprint density at radius 3 is 2.58 bits per heavy atom. The SMILES string of the molecule is CCN(CC1CCN(Cc2ccccc2)C1)C(=O)CC(C)N.Cl.Cl. The number of amides is 1. The van der Waals surface area contributed by atoms with Gasteiger partial charge in [0.05, 0.1) is 0 Å². The molecule has 1 amide bonds. The van der Waals surface area contributed by atoms with Crippen molar-refractivity contribution in [2.24, 2.45) is 11.7 Å². The number of rotatable bonds is 7. The third-order valence-corrected chi connectivity index (χ3v) is 4.33. The second-order valence-electron chi connectivity index (χ2n) is 6.49. The van der Waals surface area contributed by atoms with Crippen molar-refractivity contribution in [3.8, 4) is 0 Å². The lowest BCUT2D eigenvalue weighted by atomic mass is 10.1. The normalized spacial score (nSPS) is 18.4. The van der Waals surface area contributed by atoms with Crippen molar-refractivity contribution < 1.29 is 4.79 Å². The molecule has 1 aliphatic heterocycles. The Hall–Kier alpha value is -0.810. The molecular weight excluding hydrogens is 345 g/mol. The van der Waals surface area contributed by atoms with Gasteiger partial charge in [0.1, 0.15) is 0 Å². The standard InChI is InChI=1S/C18H29N3O.2ClH/c1-3-21(18(22)11-15(2)19)14-17-9-10-20(13-17)12-16-7-5-4-6-8-16;;/h4-8,15,17H,3,9-14,19H2,1-2H3;2*1H. The van der Waals surface area contributed by atoms with Gasteiger partial charge in [0.2, 0.25) is 5.91 Å². The highest BCUT2D eigenvalue weighted by Crippen LogP contribution is 2.20. The molecule has 0 bridgehead atoms. The molecule has 2 atom stereocenters. The molecular formula is C18H31Cl2N3O. The zero-order valence-corrected chi connectivity index (χ0v) is 16.3. The van der Waals surface area contributed by atoms with Crippen molar-refractivity contribution in [2.75, 3.05) is 26.2 Å². The van der Waals surface area contributed by atoms with Crippen LogP contribution in [0, 0.1) is 5.92 Å². The molecule has 1 aromatic carbocycles. The summed E-state index contributed by atoms with van der Waals surface area (Å²) in [6.45, 7) is 8.81. The molecule has 24 heavy (non-hydrogen) atoms. The lowest BCUT2D eigenvalue weighted by Crippen LogP contribution is -2.38. The molecule has 4 nitrogen and oxygen atoms in total. The van der Waals surface area contributed by atoms with Gasteiger partial charge in [0, 0.05) is 38.6 Å². The number of carbonyl (C=O) groups excluding carboxylic acids is 1. The summed E-state index contributed by atoms with van der Waals surface area (Å²) in [7, 11) is 0. The summed E-state index contributed by atoms with van der Waals surface area (Å²) in [5, 5.41) is 0.